The monoisotopic (exact) mass is 257 g/mol. The van der Waals surface area contributed by atoms with Crippen LogP contribution < -0.4 is 0 Å². The van der Waals surface area contributed by atoms with Crippen LogP contribution in [-0.2, 0) is 21.5 Å². The molecule has 0 aromatic heterocycles. The third-order valence-corrected chi connectivity index (χ3v) is 0.729. The van der Waals surface area contributed by atoms with Crippen molar-refractivity contribution < 1.29 is 21.5 Å². The second kappa shape index (κ2) is 3.61. The van der Waals surface area contributed by atoms with E-state index in [0.29, 0.717) is 0 Å². The fraction of sp³-hybridized carbons (Fsp3) is 0. The third kappa shape index (κ3) is 2.61. The maximum absolute atomic E-state index is 9.10. The first-order valence-electron chi connectivity index (χ1n) is 0.554. The fourth-order valence-electron chi connectivity index (χ4n) is 0. The van der Waals surface area contributed by atoms with E-state index in [2.05, 4.69) is 0 Å². The van der Waals surface area contributed by atoms with Crippen molar-refractivity contribution in [2.24, 2.45) is 0 Å². The van der Waals surface area contributed by atoms with Crippen LogP contribution in [0.3, 0.4) is 0 Å². The Morgan fingerprint density at radius 2 is 2.25 bits per heavy atom. The molecular weight excluding hydrogens is 256 g/mol. The molecule has 0 heterocycles. The standard InChI is InChI=1S/CHO.ClH.Ir/c1-2;;/h1H;1H;/q;;+1/p-1. The van der Waals surface area contributed by atoms with E-state index in [4.69, 9.17) is 14.4 Å². The van der Waals surface area contributed by atoms with Crippen molar-refractivity contribution in [3.05, 3.63) is 0 Å². The summed E-state index contributed by atoms with van der Waals surface area (Å²) in [4.78, 5) is 9.86. The molecule has 0 radical (unpaired) electrons. The number of hydrogen-bond acceptors (Lipinski definition) is 1. The molecule has 0 bridgehead atoms. The molecule has 0 unspecified atom stereocenters. The van der Waals surface area contributed by atoms with E-state index in [1.54, 1.807) is 0 Å². The van der Waals surface area contributed by atoms with Gasteiger partial charge in [0.1, 0.15) is 0 Å². The summed E-state index contributed by atoms with van der Waals surface area (Å²) in [5.41, 5.74) is 0. The van der Waals surface area contributed by atoms with E-state index < -0.39 is 16.7 Å². The minimum atomic E-state index is -0.694. The second-order valence-electron chi connectivity index (χ2n) is 0.151. The molecule has 27 valence electrons. The minimum absolute atomic E-state index is 0.694. The van der Waals surface area contributed by atoms with E-state index in [9.17, 15) is 0 Å². The van der Waals surface area contributed by atoms with Gasteiger partial charge in [-0.3, -0.25) is 0 Å². The summed E-state index contributed by atoms with van der Waals surface area (Å²) in [5.74, 6) is 0. The quantitative estimate of drug-likeness (QED) is 0.622. The summed E-state index contributed by atoms with van der Waals surface area (Å²) in [6.07, 6.45) is 0. The van der Waals surface area contributed by atoms with Gasteiger partial charge in [-0.1, -0.05) is 0 Å². The van der Waals surface area contributed by atoms with Gasteiger partial charge in [-0.05, 0) is 0 Å². The van der Waals surface area contributed by atoms with Gasteiger partial charge in [0.2, 0.25) is 0 Å². The molecule has 0 aliphatic rings. The Kier molecular flexibility index (Phi) is 4.16. The molecule has 4 heavy (non-hydrogen) atoms. The van der Waals surface area contributed by atoms with Gasteiger partial charge in [0, 0.05) is 0 Å². The Labute approximate surface area is 36.3 Å². The number of hydrogen-bond donors (Lipinski definition) is 0. The Balaban J connectivity index is 2.30. The van der Waals surface area contributed by atoms with Crippen LogP contribution >= 0.6 is 9.58 Å². The molecule has 0 fully saturated rings. The molecule has 0 rings (SSSR count). The fourth-order valence-corrected chi connectivity index (χ4v) is 0. The van der Waals surface area contributed by atoms with Crippen molar-refractivity contribution in [3.8, 4) is 0 Å². The van der Waals surface area contributed by atoms with Crippen molar-refractivity contribution in [2.75, 3.05) is 0 Å². The van der Waals surface area contributed by atoms with Crippen LogP contribution in [0.5, 0.6) is 0 Å². The zero-order valence-electron chi connectivity index (χ0n) is 1.70. The Bertz CT molecular complexity index is 22.0. The van der Waals surface area contributed by atoms with Gasteiger partial charge in [-0.2, -0.15) is 0 Å². The second-order valence-corrected chi connectivity index (χ2v) is 2.43. The Morgan fingerprint density at radius 3 is 2.25 bits per heavy atom. The van der Waals surface area contributed by atoms with E-state index in [0.717, 1.165) is 4.80 Å². The molecule has 0 amide bonds. The summed E-state index contributed by atoms with van der Waals surface area (Å²) >= 11 is -0.694. The summed E-state index contributed by atoms with van der Waals surface area (Å²) < 4.78 is 0. The molecule has 0 aromatic carbocycles. The van der Waals surface area contributed by atoms with Crippen molar-refractivity contribution >= 4 is 14.4 Å². The average molecular weight is 257 g/mol. The summed E-state index contributed by atoms with van der Waals surface area (Å²) in [5, 5.41) is 0. The molecule has 0 aliphatic heterocycles. The molecule has 0 saturated heterocycles. The normalized spacial score (nSPS) is 7.25. The van der Waals surface area contributed by atoms with E-state index in [1.165, 1.54) is 0 Å². The van der Waals surface area contributed by atoms with E-state index in [-0.39, 0.29) is 0 Å². The predicted molar refractivity (Wildman–Crippen MR) is 12.6 cm³/mol. The van der Waals surface area contributed by atoms with Crippen molar-refractivity contribution in [1.82, 2.24) is 0 Å². The van der Waals surface area contributed by atoms with Crippen LogP contribution in [0, 0.1) is 0 Å². The van der Waals surface area contributed by atoms with Gasteiger partial charge < -0.3 is 0 Å². The van der Waals surface area contributed by atoms with Crippen LogP contribution in [0.1, 0.15) is 0 Å². The molecular formula is CHClIrO. The van der Waals surface area contributed by atoms with Crippen LogP contribution in [0.4, 0.5) is 0 Å². The number of rotatable bonds is 1. The third-order valence-electron chi connectivity index (χ3n) is 0.0297. The van der Waals surface area contributed by atoms with Gasteiger partial charge in [-0.25, -0.2) is 0 Å². The SMILES string of the molecule is O=[CH][Ir][Cl]. The molecule has 3 heteroatoms. The van der Waals surface area contributed by atoms with E-state index >= 15 is 0 Å². The molecule has 1 nitrogen and oxygen atoms in total. The maximum atomic E-state index is 9.10. The van der Waals surface area contributed by atoms with Gasteiger partial charge in [0.05, 0.1) is 0 Å². The number of halogens is 1. The summed E-state index contributed by atoms with van der Waals surface area (Å²) in [6, 6.07) is 0. The van der Waals surface area contributed by atoms with Crippen molar-refractivity contribution in [2.45, 2.75) is 0 Å². The number of carbonyl (C=O) groups is 1. The molecule has 0 N–H and O–H groups in total. The van der Waals surface area contributed by atoms with Gasteiger partial charge in [0.25, 0.3) is 0 Å². The van der Waals surface area contributed by atoms with Crippen LogP contribution in [-0.4, -0.2) is 4.80 Å². The van der Waals surface area contributed by atoms with Crippen molar-refractivity contribution in [3.63, 3.8) is 0 Å². The molecule has 0 aromatic rings. The van der Waals surface area contributed by atoms with Gasteiger partial charge in [0.15, 0.2) is 0 Å². The molecule has 0 atom stereocenters. The average Bonchev–Trinajstić information content (AvgIpc) is 1.37. The van der Waals surface area contributed by atoms with E-state index in [1.807, 2.05) is 0 Å². The zero-order valence-corrected chi connectivity index (χ0v) is 4.85. The molecule has 0 aliphatic carbocycles. The molecule has 0 spiro atoms. The predicted octanol–water partition coefficient (Wildman–Crippen LogP) is 0.413. The first-order valence-corrected chi connectivity index (χ1v) is 4.90. The summed E-state index contributed by atoms with van der Waals surface area (Å²) in [6.45, 7) is 0. The van der Waals surface area contributed by atoms with Crippen LogP contribution in [0.25, 0.3) is 0 Å². The van der Waals surface area contributed by atoms with Crippen LogP contribution in [0.2, 0.25) is 0 Å². The summed E-state index contributed by atoms with van der Waals surface area (Å²) in [7, 11) is 4.94. The number of carbonyl (C=O) groups excluding carboxylic acids is 1. The van der Waals surface area contributed by atoms with Crippen LogP contribution in [0.15, 0.2) is 0 Å². The van der Waals surface area contributed by atoms with Gasteiger partial charge in [-0.15, -0.1) is 0 Å². The van der Waals surface area contributed by atoms with Gasteiger partial charge >= 0.3 is 35.9 Å². The Hall–Kier alpha value is 0.609. The Morgan fingerprint density at radius 1 is 2.00 bits per heavy atom. The first kappa shape index (κ1) is 4.61. The zero-order chi connectivity index (χ0) is 3.41. The topological polar surface area (TPSA) is 17.1 Å². The first-order chi connectivity index (χ1) is 1.91. The molecule has 0 saturated carbocycles. The van der Waals surface area contributed by atoms with Crippen molar-refractivity contribution in [1.29, 1.82) is 0 Å².